The molecular weight excluding hydrogens is 346 g/mol. The van der Waals surface area contributed by atoms with Crippen molar-refractivity contribution >= 4 is 5.97 Å². The molecule has 2 fully saturated rings. The number of piperidine rings is 1. The predicted molar refractivity (Wildman–Crippen MR) is 82.5 cm³/mol. The van der Waals surface area contributed by atoms with Gasteiger partial charge in [-0.15, -0.1) is 0 Å². The number of aliphatic hydroxyl groups is 1. The van der Waals surface area contributed by atoms with Crippen molar-refractivity contribution in [2.24, 2.45) is 5.92 Å². The minimum absolute atomic E-state index is 0. The summed E-state index contributed by atoms with van der Waals surface area (Å²) in [6.07, 6.45) is 8.10. The monoisotopic (exact) mass is 378 g/mol. The SMILES string of the molecule is CCCC(CCC)C(=O)[O-].C[N+]1(C)[C@@H]2CC[C@H]1CC(O)C2.[Br-]. The van der Waals surface area contributed by atoms with Crippen molar-refractivity contribution in [3.63, 3.8) is 0 Å². The number of carbonyl (C=O) groups excluding carboxylic acids is 1. The van der Waals surface area contributed by atoms with Crippen LogP contribution in [0.4, 0.5) is 0 Å². The summed E-state index contributed by atoms with van der Waals surface area (Å²) in [5.41, 5.74) is 0. The highest BCUT2D eigenvalue weighted by atomic mass is 79.9. The van der Waals surface area contributed by atoms with Crippen LogP contribution in [0.1, 0.15) is 65.2 Å². The van der Waals surface area contributed by atoms with E-state index in [1.807, 2.05) is 13.8 Å². The molecule has 22 heavy (non-hydrogen) atoms. The van der Waals surface area contributed by atoms with E-state index in [0.29, 0.717) is 0 Å². The Morgan fingerprint density at radius 3 is 1.86 bits per heavy atom. The Bertz CT molecular complexity index is 314. The number of carboxylic acid groups (broad SMARTS) is 1. The Balaban J connectivity index is 0.000000387. The number of quaternary nitrogens is 1. The van der Waals surface area contributed by atoms with Crippen molar-refractivity contribution in [2.45, 2.75) is 83.4 Å². The molecule has 0 aliphatic carbocycles. The Morgan fingerprint density at radius 2 is 1.55 bits per heavy atom. The first-order valence-electron chi connectivity index (χ1n) is 8.55. The number of aliphatic carboxylic acids is 1. The number of aliphatic hydroxyl groups excluding tert-OH is 1. The van der Waals surface area contributed by atoms with Crippen LogP contribution in [0.3, 0.4) is 0 Å². The molecule has 0 amide bonds. The standard InChI is InChI=1S/C9H18NO.C8H16O2.BrH/c1-10(2)7-3-4-8(10)6-9(11)5-7;1-3-5-7(6-4-2)8(9)10;/h7-9,11H,3-6H2,1-2H3;7H,3-6H2,1-2H3,(H,9,10);1H/q+1;;/p-2/t7-,8+,9?;;. The van der Waals surface area contributed by atoms with Crippen molar-refractivity contribution in [3.8, 4) is 0 Å². The van der Waals surface area contributed by atoms with E-state index in [-0.39, 0.29) is 29.0 Å². The summed E-state index contributed by atoms with van der Waals surface area (Å²) in [5, 5.41) is 19.9. The maximum absolute atomic E-state index is 10.4. The molecule has 2 heterocycles. The lowest BCUT2D eigenvalue weighted by Crippen LogP contribution is -3.00. The second-order valence-corrected chi connectivity index (χ2v) is 7.23. The number of fused-ring (bicyclic) bond motifs is 2. The number of halogens is 1. The molecule has 2 bridgehead atoms. The highest BCUT2D eigenvalue weighted by molar-refractivity contribution is 5.67. The lowest BCUT2D eigenvalue weighted by Gasteiger charge is -2.42. The number of nitrogens with zero attached hydrogens (tertiary/aromatic N) is 1. The van der Waals surface area contributed by atoms with Gasteiger partial charge in [-0.3, -0.25) is 0 Å². The molecule has 2 rings (SSSR count). The zero-order valence-electron chi connectivity index (χ0n) is 14.6. The van der Waals surface area contributed by atoms with E-state index in [1.54, 1.807) is 0 Å². The molecule has 0 spiro atoms. The van der Waals surface area contributed by atoms with Gasteiger partial charge in [-0.05, 0) is 18.8 Å². The summed E-state index contributed by atoms with van der Waals surface area (Å²) in [4.78, 5) is 10.4. The van der Waals surface area contributed by atoms with Gasteiger partial charge in [0, 0.05) is 31.7 Å². The Morgan fingerprint density at radius 1 is 1.14 bits per heavy atom. The Hall–Kier alpha value is -0.130. The molecule has 2 aliphatic heterocycles. The van der Waals surface area contributed by atoms with Crippen molar-refractivity contribution in [1.29, 1.82) is 0 Å². The average Bonchev–Trinajstić information content (AvgIpc) is 2.59. The first-order chi connectivity index (χ1) is 9.82. The van der Waals surface area contributed by atoms with Gasteiger partial charge >= 0.3 is 0 Å². The van der Waals surface area contributed by atoms with E-state index in [9.17, 15) is 15.0 Å². The van der Waals surface area contributed by atoms with Crippen LogP contribution in [-0.4, -0.2) is 47.8 Å². The molecule has 1 unspecified atom stereocenters. The van der Waals surface area contributed by atoms with Gasteiger partial charge < -0.3 is 36.5 Å². The van der Waals surface area contributed by atoms with Crippen LogP contribution in [0.2, 0.25) is 0 Å². The van der Waals surface area contributed by atoms with Crippen LogP contribution >= 0.6 is 0 Å². The van der Waals surface area contributed by atoms with Crippen LogP contribution in [0.15, 0.2) is 0 Å². The molecule has 5 heteroatoms. The predicted octanol–water partition coefficient (Wildman–Crippen LogP) is -1.29. The van der Waals surface area contributed by atoms with Gasteiger partial charge in [0.1, 0.15) is 0 Å². The van der Waals surface area contributed by atoms with E-state index in [1.165, 1.54) is 12.8 Å². The van der Waals surface area contributed by atoms with E-state index in [2.05, 4.69) is 14.1 Å². The fourth-order valence-electron chi connectivity index (χ4n) is 3.93. The second-order valence-electron chi connectivity index (χ2n) is 7.23. The zero-order valence-corrected chi connectivity index (χ0v) is 16.1. The third kappa shape index (κ3) is 5.82. The van der Waals surface area contributed by atoms with Crippen molar-refractivity contribution in [1.82, 2.24) is 0 Å². The molecule has 2 saturated heterocycles. The van der Waals surface area contributed by atoms with Crippen LogP contribution in [0.25, 0.3) is 0 Å². The van der Waals surface area contributed by atoms with Gasteiger partial charge in [0.2, 0.25) is 0 Å². The molecule has 0 radical (unpaired) electrons. The topological polar surface area (TPSA) is 60.4 Å². The molecule has 4 nitrogen and oxygen atoms in total. The van der Waals surface area contributed by atoms with Crippen molar-refractivity contribution in [3.05, 3.63) is 0 Å². The second kappa shape index (κ2) is 9.89. The average molecular weight is 379 g/mol. The molecule has 0 aromatic rings. The summed E-state index contributed by atoms with van der Waals surface area (Å²) < 4.78 is 1.16. The van der Waals surface area contributed by atoms with E-state index in [4.69, 9.17) is 0 Å². The van der Waals surface area contributed by atoms with E-state index >= 15 is 0 Å². The summed E-state index contributed by atoms with van der Waals surface area (Å²) in [7, 11) is 4.63. The number of rotatable bonds is 5. The summed E-state index contributed by atoms with van der Waals surface area (Å²) in [6.45, 7) is 3.98. The minimum Gasteiger partial charge on any atom is -1.00 e. The minimum atomic E-state index is -0.885. The van der Waals surface area contributed by atoms with E-state index < -0.39 is 5.97 Å². The zero-order chi connectivity index (χ0) is 16.0. The largest absolute Gasteiger partial charge is 1.00 e. The van der Waals surface area contributed by atoms with Crippen LogP contribution in [0, 0.1) is 5.92 Å². The first-order valence-corrected chi connectivity index (χ1v) is 8.55. The molecule has 0 aromatic heterocycles. The van der Waals surface area contributed by atoms with Gasteiger partial charge in [0.15, 0.2) is 0 Å². The summed E-state index contributed by atoms with van der Waals surface area (Å²) in [5.74, 6) is -1.10. The summed E-state index contributed by atoms with van der Waals surface area (Å²) in [6, 6.07) is 1.48. The fraction of sp³-hybridized carbons (Fsp3) is 0.941. The van der Waals surface area contributed by atoms with Gasteiger partial charge in [-0.2, -0.15) is 0 Å². The lowest BCUT2D eigenvalue weighted by molar-refractivity contribution is -0.931. The van der Waals surface area contributed by atoms with Crippen molar-refractivity contribution < 1.29 is 36.5 Å². The third-order valence-electron chi connectivity index (χ3n) is 5.41. The Kier molecular flexibility index (Phi) is 9.83. The van der Waals surface area contributed by atoms with Gasteiger partial charge in [0.25, 0.3) is 0 Å². The van der Waals surface area contributed by atoms with Gasteiger partial charge in [-0.1, -0.05) is 26.7 Å². The highest BCUT2D eigenvalue weighted by Crippen LogP contribution is 2.39. The van der Waals surface area contributed by atoms with Crippen LogP contribution in [-0.2, 0) is 4.79 Å². The Labute approximate surface area is 146 Å². The quantitative estimate of drug-likeness (QED) is 0.605. The fourth-order valence-corrected chi connectivity index (χ4v) is 3.93. The first kappa shape index (κ1) is 21.9. The molecule has 0 saturated carbocycles. The molecule has 2 aliphatic rings. The maximum atomic E-state index is 10.4. The van der Waals surface area contributed by atoms with Crippen molar-refractivity contribution in [2.75, 3.05) is 14.1 Å². The van der Waals surface area contributed by atoms with E-state index in [0.717, 1.165) is 55.1 Å². The number of carbonyl (C=O) groups is 1. The molecule has 0 aromatic carbocycles. The van der Waals surface area contributed by atoms with Gasteiger partial charge in [-0.25, -0.2) is 0 Å². The summed E-state index contributed by atoms with van der Waals surface area (Å²) >= 11 is 0. The van der Waals surface area contributed by atoms with Crippen LogP contribution in [0.5, 0.6) is 0 Å². The maximum Gasteiger partial charge on any atom is 0.0915 e. The normalized spacial score (nSPS) is 28.5. The van der Waals surface area contributed by atoms with Crippen LogP contribution < -0.4 is 22.1 Å². The number of hydrogen-bond acceptors (Lipinski definition) is 3. The number of carboxylic acids is 1. The van der Waals surface area contributed by atoms with Gasteiger partial charge in [0.05, 0.1) is 32.3 Å². The molecular formula is C17H33BrNO3-. The molecule has 3 atom stereocenters. The number of hydrogen-bond donors (Lipinski definition) is 1. The lowest BCUT2D eigenvalue weighted by atomic mass is 9.98. The smallest absolute Gasteiger partial charge is 0.0915 e. The molecule has 132 valence electrons. The highest BCUT2D eigenvalue weighted by Gasteiger charge is 2.48. The molecule has 1 N–H and O–H groups in total. The third-order valence-corrected chi connectivity index (χ3v) is 5.41.